The molecule has 0 bridgehead atoms. The number of hydrogen-bond donors (Lipinski definition) is 2. The Bertz CT molecular complexity index is 915. The minimum absolute atomic E-state index is 0. The second-order valence-corrected chi connectivity index (χ2v) is 5.70. The second-order valence-electron chi connectivity index (χ2n) is 5.70. The smallest absolute Gasteiger partial charge is 0.344 e. The molecule has 28 heavy (non-hydrogen) atoms. The summed E-state index contributed by atoms with van der Waals surface area (Å²) in [6, 6.07) is 5.05. The highest BCUT2D eigenvalue weighted by Gasteiger charge is 2.31. The average molecular weight is 427 g/mol. The molecule has 0 fully saturated rings. The molecule has 0 saturated carbocycles. The van der Waals surface area contributed by atoms with E-state index >= 15 is 0 Å². The molecular formula is C16H16ClF5N4O2. The Morgan fingerprint density at radius 2 is 1.86 bits per heavy atom. The number of nitrogens with one attached hydrogen (secondary N) is 1. The van der Waals surface area contributed by atoms with E-state index in [4.69, 9.17) is 5.73 Å². The quantitative estimate of drug-likeness (QED) is 0.718. The number of rotatable bonds is 5. The van der Waals surface area contributed by atoms with E-state index in [0.29, 0.717) is 0 Å². The first-order chi connectivity index (χ1) is 12.4. The number of halogens is 6. The van der Waals surface area contributed by atoms with Gasteiger partial charge in [0.25, 0.3) is 11.8 Å². The molecule has 0 unspecified atom stereocenters. The summed E-state index contributed by atoms with van der Waals surface area (Å²) < 4.78 is 65.9. The summed E-state index contributed by atoms with van der Waals surface area (Å²) in [6.07, 6.45) is -4.60. The number of alkyl halides is 5. The van der Waals surface area contributed by atoms with Crippen LogP contribution in [0, 0.1) is 6.92 Å². The number of nitrogens with zero attached hydrogens (tertiary/aromatic N) is 2. The van der Waals surface area contributed by atoms with Gasteiger partial charge in [-0.1, -0.05) is 6.07 Å². The van der Waals surface area contributed by atoms with Gasteiger partial charge in [0.05, 0.1) is 24.3 Å². The number of aromatic nitrogens is 2. The van der Waals surface area contributed by atoms with Gasteiger partial charge in [0.1, 0.15) is 0 Å². The van der Waals surface area contributed by atoms with Gasteiger partial charge < -0.3 is 11.1 Å². The van der Waals surface area contributed by atoms with E-state index in [1.54, 1.807) is 0 Å². The van der Waals surface area contributed by atoms with Gasteiger partial charge in [0.2, 0.25) is 5.43 Å². The van der Waals surface area contributed by atoms with Crippen LogP contribution in [0.3, 0.4) is 0 Å². The molecule has 0 saturated heterocycles. The van der Waals surface area contributed by atoms with Crippen molar-refractivity contribution in [2.45, 2.75) is 19.0 Å². The van der Waals surface area contributed by atoms with E-state index in [-0.39, 0.29) is 23.8 Å². The maximum Gasteiger partial charge on any atom is 0.416 e. The number of carbonyl (C=O) groups excluding carboxylic acids is 1. The second kappa shape index (κ2) is 8.65. The molecule has 0 spiro atoms. The largest absolute Gasteiger partial charge is 0.416 e. The first-order valence-electron chi connectivity index (χ1n) is 7.59. The van der Waals surface area contributed by atoms with Crippen LogP contribution in [0.2, 0.25) is 0 Å². The van der Waals surface area contributed by atoms with Gasteiger partial charge in [-0.2, -0.15) is 18.3 Å². The van der Waals surface area contributed by atoms with Crippen LogP contribution in [0.4, 0.5) is 22.0 Å². The third-order valence-electron chi connectivity index (χ3n) is 3.55. The Labute approximate surface area is 161 Å². The molecule has 0 aliphatic heterocycles. The van der Waals surface area contributed by atoms with Gasteiger partial charge in [0.15, 0.2) is 5.69 Å². The number of aryl methyl sites for hydroxylation is 1. The molecule has 0 atom stereocenters. The van der Waals surface area contributed by atoms with Gasteiger partial charge in [-0.15, -0.1) is 12.4 Å². The highest BCUT2D eigenvalue weighted by molar-refractivity contribution is 5.92. The lowest BCUT2D eigenvalue weighted by Crippen LogP contribution is -2.43. The Balaban J connectivity index is 0.00000392. The maximum absolute atomic E-state index is 13.1. The van der Waals surface area contributed by atoms with E-state index in [1.807, 2.05) is 5.32 Å². The molecule has 3 N–H and O–H groups in total. The topological polar surface area (TPSA) is 90.0 Å². The summed E-state index contributed by atoms with van der Waals surface area (Å²) in [5.41, 5.74) is 2.42. The molecule has 1 aromatic carbocycles. The molecule has 1 aromatic heterocycles. The average Bonchev–Trinajstić information content (AvgIpc) is 2.59. The van der Waals surface area contributed by atoms with Crippen LogP contribution in [0.1, 0.15) is 21.7 Å². The maximum atomic E-state index is 13.1. The zero-order chi connectivity index (χ0) is 20.4. The normalized spacial score (nSPS) is 11.7. The number of amides is 1. The molecule has 0 aliphatic carbocycles. The van der Waals surface area contributed by atoms with Crippen molar-refractivity contribution in [2.24, 2.45) is 5.73 Å². The fourth-order valence-electron chi connectivity index (χ4n) is 2.15. The van der Waals surface area contributed by atoms with Crippen molar-refractivity contribution in [3.8, 4) is 5.69 Å². The number of carbonyl (C=O) groups is 1. The zero-order valence-corrected chi connectivity index (χ0v) is 15.2. The van der Waals surface area contributed by atoms with Gasteiger partial charge in [-0.25, -0.2) is 13.5 Å². The van der Waals surface area contributed by atoms with Crippen LogP contribution < -0.4 is 16.5 Å². The molecule has 0 aliphatic rings. The van der Waals surface area contributed by atoms with Crippen molar-refractivity contribution in [3.63, 3.8) is 0 Å². The fourth-order valence-corrected chi connectivity index (χ4v) is 2.15. The molecule has 0 radical (unpaired) electrons. The molecule has 2 aromatic rings. The van der Waals surface area contributed by atoms with E-state index in [9.17, 15) is 31.5 Å². The first kappa shape index (κ1) is 23.5. The predicted molar refractivity (Wildman–Crippen MR) is 93.2 cm³/mol. The standard InChI is InChI=1S/C16H15F5N4O2.ClH/c1-9-5-12(26)13(14(27)23-8-15(17,18)7-22)24-25(9)11-4-2-3-10(6-11)16(19,20)21;/h2-6H,7-8,22H2,1H3,(H,23,27);1H. The molecule has 2 rings (SSSR count). The van der Waals surface area contributed by atoms with Crippen LogP contribution in [0.5, 0.6) is 0 Å². The molecule has 1 amide bonds. The molecule has 154 valence electrons. The summed E-state index contributed by atoms with van der Waals surface area (Å²) in [6.45, 7) is -0.719. The third kappa shape index (κ3) is 5.49. The van der Waals surface area contributed by atoms with E-state index < -0.39 is 47.8 Å². The summed E-state index contributed by atoms with van der Waals surface area (Å²) in [5.74, 6) is -4.56. The summed E-state index contributed by atoms with van der Waals surface area (Å²) >= 11 is 0. The fraction of sp³-hybridized carbons (Fsp3) is 0.312. The number of benzene rings is 1. The Morgan fingerprint density at radius 1 is 1.21 bits per heavy atom. The van der Waals surface area contributed by atoms with E-state index in [2.05, 4.69) is 5.10 Å². The van der Waals surface area contributed by atoms with Gasteiger partial charge in [0, 0.05) is 11.8 Å². The lowest BCUT2D eigenvalue weighted by molar-refractivity contribution is -0.137. The summed E-state index contributed by atoms with van der Waals surface area (Å²) in [5, 5.41) is 5.58. The minimum Gasteiger partial charge on any atom is -0.344 e. The highest BCUT2D eigenvalue weighted by Crippen LogP contribution is 2.30. The van der Waals surface area contributed by atoms with Crippen LogP contribution >= 0.6 is 12.4 Å². The SMILES string of the molecule is Cc1cc(=O)c(C(=O)NCC(F)(F)CN)nn1-c1cccc(C(F)(F)F)c1.Cl. The molecular weight excluding hydrogens is 411 g/mol. The Hall–Kier alpha value is -2.53. The zero-order valence-electron chi connectivity index (χ0n) is 14.4. The van der Waals surface area contributed by atoms with Crippen LogP contribution in [-0.4, -0.2) is 34.7 Å². The van der Waals surface area contributed by atoms with Gasteiger partial charge in [-0.3, -0.25) is 9.59 Å². The molecule has 1 heterocycles. The monoisotopic (exact) mass is 426 g/mol. The van der Waals surface area contributed by atoms with Crippen molar-refractivity contribution in [2.75, 3.05) is 13.1 Å². The van der Waals surface area contributed by atoms with E-state index in [0.717, 1.165) is 28.9 Å². The Morgan fingerprint density at radius 3 is 2.43 bits per heavy atom. The number of nitrogens with two attached hydrogens (primary N) is 1. The van der Waals surface area contributed by atoms with Crippen molar-refractivity contribution < 1.29 is 26.7 Å². The van der Waals surface area contributed by atoms with Crippen molar-refractivity contribution >= 4 is 18.3 Å². The minimum atomic E-state index is -4.60. The predicted octanol–water partition coefficient (Wildman–Crippen LogP) is 2.31. The van der Waals surface area contributed by atoms with Crippen molar-refractivity contribution in [1.82, 2.24) is 15.1 Å². The highest BCUT2D eigenvalue weighted by atomic mass is 35.5. The molecule has 6 nitrogen and oxygen atoms in total. The van der Waals surface area contributed by atoms with E-state index in [1.165, 1.54) is 13.0 Å². The molecule has 12 heteroatoms. The Kier molecular flexibility index (Phi) is 7.26. The third-order valence-corrected chi connectivity index (χ3v) is 3.55. The van der Waals surface area contributed by atoms with Crippen LogP contribution in [0.15, 0.2) is 35.1 Å². The lowest BCUT2D eigenvalue weighted by atomic mass is 10.2. The summed E-state index contributed by atoms with van der Waals surface area (Å²) in [4.78, 5) is 24.0. The number of hydrogen-bond acceptors (Lipinski definition) is 4. The van der Waals surface area contributed by atoms with Crippen LogP contribution in [-0.2, 0) is 6.18 Å². The van der Waals surface area contributed by atoms with Crippen molar-refractivity contribution in [3.05, 3.63) is 57.5 Å². The van der Waals surface area contributed by atoms with Crippen molar-refractivity contribution in [1.29, 1.82) is 0 Å². The van der Waals surface area contributed by atoms with Gasteiger partial charge >= 0.3 is 6.18 Å². The van der Waals surface area contributed by atoms with Crippen LogP contribution in [0.25, 0.3) is 5.69 Å². The first-order valence-corrected chi connectivity index (χ1v) is 7.59. The summed E-state index contributed by atoms with van der Waals surface area (Å²) in [7, 11) is 0. The lowest BCUT2D eigenvalue weighted by Gasteiger charge is -2.15. The van der Waals surface area contributed by atoms with Gasteiger partial charge in [-0.05, 0) is 25.1 Å².